The van der Waals surface area contributed by atoms with Gasteiger partial charge in [-0.05, 0) is 67.7 Å². The van der Waals surface area contributed by atoms with Gasteiger partial charge >= 0.3 is 20.2 Å². The van der Waals surface area contributed by atoms with Crippen LogP contribution >= 0.6 is 0 Å². The maximum atomic E-state index is 12.1. The van der Waals surface area contributed by atoms with Gasteiger partial charge in [0.2, 0.25) is 0 Å². The van der Waals surface area contributed by atoms with Gasteiger partial charge in [-0.25, -0.2) is 4.79 Å². The standard InChI is InChI=1S/C17H30B2O6/c1-10-21-13(20)11-12(18-22-14(2,3)15(4,5)23-18)19-24-16(6,7)17(8,9)25-19/h11H,10H2,1-9H3. The molecule has 0 N–H and O–H groups in total. The SMILES string of the molecule is CCOC(=O)C=C(B1OC(C)(C)C(C)(C)O1)B1OC(C)(C)C(C)(C)O1. The Bertz CT molecular complexity index is 497. The van der Waals surface area contributed by atoms with E-state index in [4.69, 9.17) is 23.4 Å². The summed E-state index contributed by atoms with van der Waals surface area (Å²) in [6, 6.07) is 0. The van der Waals surface area contributed by atoms with E-state index in [0.29, 0.717) is 5.37 Å². The van der Waals surface area contributed by atoms with Gasteiger partial charge in [0.15, 0.2) is 0 Å². The highest BCUT2D eigenvalue weighted by atomic mass is 16.7. The quantitative estimate of drug-likeness (QED) is 0.441. The topological polar surface area (TPSA) is 63.2 Å². The number of carbonyl (C=O) groups excluding carboxylic acids is 1. The minimum absolute atomic E-state index is 0.287. The Kier molecular flexibility index (Phi) is 5.25. The second-order valence-corrected chi connectivity index (χ2v) is 8.57. The molecule has 2 saturated heterocycles. The van der Waals surface area contributed by atoms with Crippen molar-refractivity contribution in [2.24, 2.45) is 0 Å². The molecule has 25 heavy (non-hydrogen) atoms. The van der Waals surface area contributed by atoms with Crippen LogP contribution in [0.4, 0.5) is 0 Å². The van der Waals surface area contributed by atoms with Gasteiger partial charge in [0.1, 0.15) is 0 Å². The molecule has 0 radical (unpaired) electrons. The fourth-order valence-electron chi connectivity index (χ4n) is 2.53. The van der Waals surface area contributed by atoms with E-state index in [1.807, 2.05) is 55.4 Å². The first-order chi connectivity index (χ1) is 11.2. The molecule has 6 nitrogen and oxygen atoms in total. The van der Waals surface area contributed by atoms with E-state index < -0.39 is 42.6 Å². The van der Waals surface area contributed by atoms with E-state index in [1.165, 1.54) is 6.08 Å². The fraction of sp³-hybridized carbons (Fsp3) is 0.824. The Morgan fingerprint density at radius 1 is 0.800 bits per heavy atom. The Morgan fingerprint density at radius 3 is 1.40 bits per heavy atom. The monoisotopic (exact) mass is 352 g/mol. The maximum absolute atomic E-state index is 12.1. The van der Waals surface area contributed by atoms with Crippen LogP contribution in [-0.4, -0.2) is 49.2 Å². The first-order valence-corrected chi connectivity index (χ1v) is 8.82. The molecule has 0 aromatic carbocycles. The molecular formula is C17H30B2O6. The van der Waals surface area contributed by atoms with Crippen LogP contribution in [0.25, 0.3) is 0 Å². The Hall–Kier alpha value is -0.820. The smallest absolute Gasteiger partial charge is 0.463 e. The van der Waals surface area contributed by atoms with Crippen molar-refractivity contribution >= 4 is 20.2 Å². The van der Waals surface area contributed by atoms with Crippen LogP contribution in [0.1, 0.15) is 62.3 Å². The molecule has 2 rings (SSSR count). The van der Waals surface area contributed by atoms with Crippen LogP contribution in [0.5, 0.6) is 0 Å². The van der Waals surface area contributed by atoms with Crippen molar-refractivity contribution in [3.63, 3.8) is 0 Å². The highest BCUT2D eigenvalue weighted by molar-refractivity contribution is 6.78. The summed E-state index contributed by atoms with van der Waals surface area (Å²) in [4.78, 5) is 12.1. The lowest BCUT2D eigenvalue weighted by atomic mass is 9.57. The molecule has 140 valence electrons. The summed E-state index contributed by atoms with van der Waals surface area (Å²) in [5.41, 5.74) is -2.13. The van der Waals surface area contributed by atoms with Gasteiger partial charge in [-0.2, -0.15) is 0 Å². The Labute approximate surface area is 151 Å². The van der Waals surface area contributed by atoms with E-state index in [0.717, 1.165) is 0 Å². The second kappa shape index (κ2) is 6.41. The number of hydrogen-bond donors (Lipinski definition) is 0. The highest BCUT2D eigenvalue weighted by Crippen LogP contribution is 2.43. The van der Waals surface area contributed by atoms with E-state index in [1.54, 1.807) is 6.92 Å². The lowest BCUT2D eigenvalue weighted by Crippen LogP contribution is -2.41. The van der Waals surface area contributed by atoms with Gasteiger partial charge < -0.3 is 23.4 Å². The first kappa shape index (κ1) is 20.5. The highest BCUT2D eigenvalue weighted by Gasteiger charge is 2.59. The molecule has 8 heteroatoms. The summed E-state index contributed by atoms with van der Waals surface area (Å²) >= 11 is 0. The van der Waals surface area contributed by atoms with Gasteiger partial charge in [-0.15, -0.1) is 0 Å². The average molecular weight is 352 g/mol. The van der Waals surface area contributed by atoms with Crippen molar-refractivity contribution < 1.29 is 28.1 Å². The third-order valence-corrected chi connectivity index (χ3v) is 5.62. The van der Waals surface area contributed by atoms with Crippen LogP contribution in [0.15, 0.2) is 11.4 Å². The lowest BCUT2D eigenvalue weighted by molar-refractivity contribution is -0.137. The fourth-order valence-corrected chi connectivity index (χ4v) is 2.53. The Balaban J connectivity index is 2.35. The van der Waals surface area contributed by atoms with Gasteiger partial charge in [-0.3, -0.25) is 0 Å². The van der Waals surface area contributed by atoms with E-state index in [9.17, 15) is 4.79 Å². The van der Waals surface area contributed by atoms with Gasteiger partial charge in [0.25, 0.3) is 0 Å². The Morgan fingerprint density at radius 2 is 1.12 bits per heavy atom. The molecule has 0 saturated carbocycles. The van der Waals surface area contributed by atoms with Gasteiger partial charge in [-0.1, -0.05) is 0 Å². The second-order valence-electron chi connectivity index (χ2n) is 8.57. The van der Waals surface area contributed by atoms with Crippen molar-refractivity contribution in [1.29, 1.82) is 0 Å². The summed E-state index contributed by atoms with van der Waals surface area (Å²) in [6.45, 7) is 17.7. The third-order valence-electron chi connectivity index (χ3n) is 5.62. The maximum Gasteiger partial charge on any atom is 0.486 e. The minimum Gasteiger partial charge on any atom is -0.463 e. The molecule has 0 unspecified atom stereocenters. The zero-order valence-corrected chi connectivity index (χ0v) is 16.9. The number of carbonyl (C=O) groups is 1. The van der Waals surface area contributed by atoms with Crippen molar-refractivity contribution in [2.75, 3.05) is 6.61 Å². The molecule has 2 fully saturated rings. The van der Waals surface area contributed by atoms with Crippen LogP contribution in [0.3, 0.4) is 0 Å². The first-order valence-electron chi connectivity index (χ1n) is 8.82. The molecule has 0 spiro atoms. The minimum atomic E-state index is -0.746. The van der Waals surface area contributed by atoms with Crippen molar-refractivity contribution in [2.45, 2.75) is 84.7 Å². The van der Waals surface area contributed by atoms with Crippen LogP contribution in [0.2, 0.25) is 0 Å². The predicted molar refractivity (Wildman–Crippen MR) is 96.9 cm³/mol. The summed E-state index contributed by atoms with van der Waals surface area (Å²) in [7, 11) is -1.49. The molecule has 0 aromatic rings. The van der Waals surface area contributed by atoms with Crippen molar-refractivity contribution in [1.82, 2.24) is 0 Å². The molecule has 2 aliphatic heterocycles. The number of rotatable bonds is 4. The zero-order chi connectivity index (χ0) is 19.3. The molecule has 0 amide bonds. The summed E-state index contributed by atoms with van der Waals surface area (Å²) in [6.07, 6.45) is 1.37. The zero-order valence-electron chi connectivity index (χ0n) is 16.9. The van der Waals surface area contributed by atoms with Crippen LogP contribution in [-0.2, 0) is 28.1 Å². The number of ether oxygens (including phenoxy) is 1. The summed E-state index contributed by atoms with van der Waals surface area (Å²) in [5, 5.41) is 0.482. The molecule has 0 aliphatic carbocycles. The molecule has 2 heterocycles. The number of hydrogen-bond acceptors (Lipinski definition) is 6. The number of esters is 1. The molecule has 0 bridgehead atoms. The largest absolute Gasteiger partial charge is 0.486 e. The molecule has 0 aromatic heterocycles. The van der Waals surface area contributed by atoms with Crippen molar-refractivity contribution in [3.8, 4) is 0 Å². The van der Waals surface area contributed by atoms with Crippen LogP contribution < -0.4 is 0 Å². The predicted octanol–water partition coefficient (Wildman–Crippen LogP) is 2.74. The van der Waals surface area contributed by atoms with Crippen molar-refractivity contribution in [3.05, 3.63) is 11.4 Å². The van der Waals surface area contributed by atoms with Crippen LogP contribution in [0, 0.1) is 0 Å². The van der Waals surface area contributed by atoms with E-state index >= 15 is 0 Å². The molecule has 0 atom stereocenters. The molecule has 2 aliphatic rings. The summed E-state index contributed by atoms with van der Waals surface area (Å²) < 4.78 is 29.4. The van der Waals surface area contributed by atoms with E-state index in [2.05, 4.69) is 0 Å². The van der Waals surface area contributed by atoms with Gasteiger partial charge in [0.05, 0.1) is 29.0 Å². The lowest BCUT2D eigenvalue weighted by Gasteiger charge is -2.32. The average Bonchev–Trinajstić information content (AvgIpc) is 2.76. The summed E-state index contributed by atoms with van der Waals surface area (Å²) in [5.74, 6) is -0.470. The van der Waals surface area contributed by atoms with Gasteiger partial charge in [0, 0.05) is 6.08 Å². The normalized spacial score (nSPS) is 25.8. The molecular weight excluding hydrogens is 322 g/mol. The third kappa shape index (κ3) is 3.82. The van der Waals surface area contributed by atoms with E-state index in [-0.39, 0.29) is 6.61 Å².